The van der Waals surface area contributed by atoms with Gasteiger partial charge in [0, 0.05) is 64.0 Å². The number of hydrogen-bond acceptors (Lipinski definition) is 12. The highest BCUT2D eigenvalue weighted by Gasteiger charge is 2.24. The maximum Gasteiger partial charge on any atom is 0.276 e. The number of allylic oxidation sites excluding steroid dienone is 2. The number of nitrogens with zero attached hydrogens (tertiary/aromatic N) is 9. The van der Waals surface area contributed by atoms with E-state index < -0.39 is 17.7 Å². The monoisotopic (exact) mass is 863 g/mol. The highest BCUT2D eigenvalue weighted by molar-refractivity contribution is 6.05. The molecule has 0 unspecified atom stereocenters. The van der Waals surface area contributed by atoms with Crippen LogP contribution >= 0.6 is 0 Å². The number of ether oxygens (including phenoxy) is 3. The Morgan fingerprint density at radius 2 is 1.29 bits per heavy atom. The van der Waals surface area contributed by atoms with E-state index in [2.05, 4.69) is 31.0 Å². The Hall–Kier alpha value is -7.06. The number of anilines is 2. The van der Waals surface area contributed by atoms with Crippen LogP contribution in [0.2, 0.25) is 0 Å². The Bertz CT molecular complexity index is 2700. The van der Waals surface area contributed by atoms with Gasteiger partial charge in [0.05, 0.1) is 49.4 Å². The van der Waals surface area contributed by atoms with E-state index in [0.717, 1.165) is 19.6 Å². The molecule has 6 aromatic rings. The second kappa shape index (κ2) is 19.3. The van der Waals surface area contributed by atoms with Crippen molar-refractivity contribution in [3.8, 4) is 11.5 Å². The molecule has 332 valence electrons. The summed E-state index contributed by atoms with van der Waals surface area (Å²) in [5, 5.41) is 17.4. The van der Waals surface area contributed by atoms with E-state index in [1.165, 1.54) is 14.2 Å². The van der Waals surface area contributed by atoms with Gasteiger partial charge in [0.1, 0.15) is 33.9 Å². The largest absolute Gasteiger partial charge is 0.494 e. The van der Waals surface area contributed by atoms with Crippen molar-refractivity contribution in [3.63, 3.8) is 0 Å². The van der Waals surface area contributed by atoms with Crippen molar-refractivity contribution in [2.45, 2.75) is 60.3 Å². The lowest BCUT2D eigenvalue weighted by Gasteiger charge is -2.26. The summed E-state index contributed by atoms with van der Waals surface area (Å²) in [4.78, 5) is 64.7. The minimum atomic E-state index is -0.653. The molecule has 0 spiro atoms. The fourth-order valence-electron chi connectivity index (χ4n) is 7.61. The maximum absolute atomic E-state index is 13.8. The molecule has 1 aliphatic heterocycles. The SMILES string of the molecule is CCn1nc(C)cc1C(=O)Nc1nc2cc(C(=O)NC)cc(OC)c2n1C/C=C/Cn1c(NC(=O)c2cc(C)nn2CC)nc2cc(C(N)=O)cc(OCCCN3CCOCC3)c21. The number of rotatable bonds is 18. The number of amides is 4. The highest BCUT2D eigenvalue weighted by atomic mass is 16.5. The summed E-state index contributed by atoms with van der Waals surface area (Å²) < 4.78 is 24.4. The van der Waals surface area contributed by atoms with Crippen LogP contribution in [0.4, 0.5) is 11.9 Å². The molecule has 0 atom stereocenters. The summed E-state index contributed by atoms with van der Waals surface area (Å²) in [5.74, 6) is -0.656. The van der Waals surface area contributed by atoms with E-state index in [9.17, 15) is 19.2 Å². The molecule has 1 saturated heterocycles. The van der Waals surface area contributed by atoms with E-state index in [4.69, 9.17) is 29.9 Å². The number of primary amides is 1. The molecule has 4 aromatic heterocycles. The number of nitrogens with two attached hydrogens (primary N) is 1. The zero-order valence-electron chi connectivity index (χ0n) is 36.4. The van der Waals surface area contributed by atoms with Crippen LogP contribution in [0.25, 0.3) is 22.1 Å². The molecule has 1 aliphatic rings. The molecule has 0 radical (unpaired) electrons. The number of aryl methyl sites for hydroxylation is 4. The molecule has 0 bridgehead atoms. The van der Waals surface area contributed by atoms with Crippen LogP contribution in [0, 0.1) is 13.8 Å². The second-order valence-electron chi connectivity index (χ2n) is 14.9. The van der Waals surface area contributed by atoms with E-state index in [1.807, 2.05) is 39.8 Å². The number of fused-ring (bicyclic) bond motifs is 2. The average molecular weight is 864 g/mol. The zero-order valence-corrected chi connectivity index (χ0v) is 36.4. The molecule has 4 amide bonds. The van der Waals surface area contributed by atoms with Crippen LogP contribution < -0.4 is 31.2 Å². The van der Waals surface area contributed by atoms with Crippen molar-refractivity contribution in [1.82, 2.24) is 48.9 Å². The van der Waals surface area contributed by atoms with Crippen molar-refractivity contribution in [1.29, 1.82) is 0 Å². The number of carbonyl (C=O) groups is 4. The minimum Gasteiger partial charge on any atom is -0.494 e. The summed E-state index contributed by atoms with van der Waals surface area (Å²) in [7, 11) is 3.03. The quantitative estimate of drug-likeness (QED) is 0.0715. The summed E-state index contributed by atoms with van der Waals surface area (Å²) >= 11 is 0. The van der Waals surface area contributed by atoms with Crippen LogP contribution in [0.5, 0.6) is 11.5 Å². The molecule has 7 rings (SSSR count). The second-order valence-corrected chi connectivity index (χ2v) is 14.9. The molecule has 0 aliphatic carbocycles. The molecular weight excluding hydrogens is 811 g/mol. The number of benzene rings is 2. The first-order valence-corrected chi connectivity index (χ1v) is 20.9. The van der Waals surface area contributed by atoms with Crippen molar-refractivity contribution in [2.75, 3.05) is 64.2 Å². The molecule has 63 heavy (non-hydrogen) atoms. The van der Waals surface area contributed by atoms with Crippen LogP contribution in [-0.2, 0) is 30.9 Å². The van der Waals surface area contributed by atoms with Gasteiger partial charge < -0.3 is 34.4 Å². The Morgan fingerprint density at radius 3 is 1.79 bits per heavy atom. The number of nitrogens with one attached hydrogen (secondary N) is 3. The standard InChI is InChI=1S/C43H53N13O7/c1-7-55-32(20-26(3)50-55)40(59)48-42-47-31-23-29(39(58)45-5)25-34(61-6)36(31)53(42)13-9-10-14-54-37-30(46-43(54)49-41(60)33-21-27(4)51-56(33)8-2)22-28(38(44)57)24-35(37)63-17-11-12-52-15-18-62-19-16-52/h9-10,20-25H,7-8,11-19H2,1-6H3,(H2,44,57)(H,45,58)(H,46,49,60)(H,47,48,59)/b10-9+. The van der Waals surface area contributed by atoms with Crippen molar-refractivity contribution < 1.29 is 33.4 Å². The van der Waals surface area contributed by atoms with Gasteiger partial charge in [-0.05, 0) is 70.5 Å². The van der Waals surface area contributed by atoms with Gasteiger partial charge in [0.2, 0.25) is 17.8 Å². The first-order valence-electron chi connectivity index (χ1n) is 20.9. The zero-order chi connectivity index (χ0) is 44.8. The summed E-state index contributed by atoms with van der Waals surface area (Å²) in [6, 6.07) is 9.83. The maximum atomic E-state index is 13.8. The van der Waals surface area contributed by atoms with E-state index >= 15 is 0 Å². The fourth-order valence-corrected chi connectivity index (χ4v) is 7.61. The first-order chi connectivity index (χ1) is 30.4. The first kappa shape index (κ1) is 44.0. The predicted molar refractivity (Wildman–Crippen MR) is 236 cm³/mol. The molecular formula is C43H53N13O7. The normalized spacial score (nSPS) is 13.2. The Morgan fingerprint density at radius 1 is 0.762 bits per heavy atom. The van der Waals surface area contributed by atoms with Gasteiger partial charge in [-0.3, -0.25) is 44.1 Å². The molecule has 5 N–H and O–H groups in total. The van der Waals surface area contributed by atoms with Gasteiger partial charge in [0.25, 0.3) is 17.7 Å². The molecule has 20 heteroatoms. The molecule has 2 aromatic carbocycles. The third kappa shape index (κ3) is 9.56. The minimum absolute atomic E-state index is 0.180. The van der Waals surface area contributed by atoms with E-state index in [-0.39, 0.29) is 36.5 Å². The van der Waals surface area contributed by atoms with Crippen molar-refractivity contribution in [2.24, 2.45) is 5.73 Å². The smallest absolute Gasteiger partial charge is 0.276 e. The third-order valence-electron chi connectivity index (χ3n) is 10.6. The van der Waals surface area contributed by atoms with Gasteiger partial charge in [-0.1, -0.05) is 12.2 Å². The Balaban J connectivity index is 1.26. The Labute approximate surface area is 363 Å². The lowest BCUT2D eigenvalue weighted by Crippen LogP contribution is -2.37. The lowest BCUT2D eigenvalue weighted by molar-refractivity contribution is 0.0358. The lowest BCUT2D eigenvalue weighted by atomic mass is 10.1. The number of morpholine rings is 1. The number of aromatic nitrogens is 8. The average Bonchev–Trinajstić information content (AvgIpc) is 4.05. The molecule has 1 fully saturated rings. The predicted octanol–water partition coefficient (Wildman–Crippen LogP) is 3.76. The Kier molecular flexibility index (Phi) is 13.5. The topological polar surface area (TPSA) is 233 Å². The summed E-state index contributed by atoms with van der Waals surface area (Å²) in [6.07, 6.45) is 4.46. The van der Waals surface area contributed by atoms with Gasteiger partial charge in [0.15, 0.2) is 0 Å². The third-order valence-corrected chi connectivity index (χ3v) is 10.6. The number of carbonyl (C=O) groups excluding carboxylic acids is 4. The number of methoxy groups -OCH3 is 1. The van der Waals surface area contributed by atoms with Crippen LogP contribution in [0.3, 0.4) is 0 Å². The summed E-state index contributed by atoms with van der Waals surface area (Å²) in [5.41, 5.74) is 10.3. The van der Waals surface area contributed by atoms with Crippen molar-refractivity contribution >= 4 is 57.6 Å². The van der Waals surface area contributed by atoms with Gasteiger partial charge >= 0.3 is 0 Å². The van der Waals surface area contributed by atoms with Gasteiger partial charge in [-0.15, -0.1) is 0 Å². The van der Waals surface area contributed by atoms with Crippen molar-refractivity contribution in [3.05, 3.63) is 82.5 Å². The van der Waals surface area contributed by atoms with Crippen LogP contribution in [0.15, 0.2) is 48.6 Å². The fraction of sp³-hybridized carbons (Fsp3) is 0.395. The van der Waals surface area contributed by atoms with Crippen LogP contribution in [0.1, 0.15) is 73.3 Å². The molecule has 0 saturated carbocycles. The number of hydrogen-bond donors (Lipinski definition) is 4. The summed E-state index contributed by atoms with van der Waals surface area (Å²) in [6.45, 7) is 13.0. The van der Waals surface area contributed by atoms with E-state index in [1.54, 1.807) is 54.9 Å². The van der Waals surface area contributed by atoms with E-state index in [0.29, 0.717) is 101 Å². The van der Waals surface area contributed by atoms with Gasteiger partial charge in [-0.2, -0.15) is 10.2 Å². The molecule has 20 nitrogen and oxygen atoms in total. The molecule has 5 heterocycles. The number of imidazole rings is 2. The highest BCUT2D eigenvalue weighted by Crippen LogP contribution is 2.33. The van der Waals surface area contributed by atoms with Crippen LogP contribution in [-0.4, -0.2) is 121 Å². The van der Waals surface area contributed by atoms with Gasteiger partial charge in [-0.25, -0.2) is 9.97 Å².